The Morgan fingerprint density at radius 3 is 1.77 bits per heavy atom. The average molecular weight is 462 g/mol. The molecule has 0 N–H and O–H groups in total. The van der Waals surface area contributed by atoms with Gasteiger partial charge in [0.1, 0.15) is 0 Å². The zero-order valence-electron chi connectivity index (χ0n) is 15.7. The van der Waals surface area contributed by atoms with Crippen LogP contribution < -0.4 is 24.8 Å². The summed E-state index contributed by atoms with van der Waals surface area (Å²) in [6.45, 7) is 9.47. The molecular weight excluding hydrogens is 438 g/mol. The van der Waals surface area contributed by atoms with Crippen molar-refractivity contribution in [2.24, 2.45) is 5.41 Å². The summed E-state index contributed by atoms with van der Waals surface area (Å²) in [5.74, 6) is 0.407. The van der Waals surface area contributed by atoms with Gasteiger partial charge in [-0.05, 0) is 0 Å². The van der Waals surface area contributed by atoms with E-state index in [2.05, 4.69) is 76.2 Å². The third-order valence-electron chi connectivity index (χ3n) is 5.56. The van der Waals surface area contributed by atoms with Gasteiger partial charge in [0.25, 0.3) is 0 Å². The van der Waals surface area contributed by atoms with E-state index in [1.165, 1.54) is 28.7 Å². The second-order valence-corrected chi connectivity index (χ2v) is 9.51. The van der Waals surface area contributed by atoms with E-state index in [1.54, 1.807) is 44.7 Å². The fraction of sp³-hybridized carbons (Fsp3) is 0.304. The number of hydrogen-bond acceptors (Lipinski definition) is 0. The van der Waals surface area contributed by atoms with Crippen molar-refractivity contribution in [2.75, 3.05) is 0 Å². The number of rotatable bonds is 1. The molecule has 0 unspecified atom stereocenters. The Kier molecular flexibility index (Phi) is 6.49. The van der Waals surface area contributed by atoms with Gasteiger partial charge in [-0.2, -0.15) is 0 Å². The molecular formula is C23H23Cl2Zr. The number of allylic oxidation sites excluding steroid dienone is 4. The summed E-state index contributed by atoms with van der Waals surface area (Å²) in [6.07, 6.45) is 1.17. The minimum absolute atomic E-state index is 0. The summed E-state index contributed by atoms with van der Waals surface area (Å²) in [6, 6.07) is 18.0. The van der Waals surface area contributed by atoms with Crippen molar-refractivity contribution in [1.29, 1.82) is 0 Å². The molecule has 0 heterocycles. The second-order valence-electron chi connectivity index (χ2n) is 8.03. The van der Waals surface area contributed by atoms with Crippen LogP contribution in [0.5, 0.6) is 0 Å². The normalized spacial score (nSPS) is 16.2. The third-order valence-corrected chi connectivity index (χ3v) is 6.92. The van der Waals surface area contributed by atoms with Gasteiger partial charge < -0.3 is 24.8 Å². The van der Waals surface area contributed by atoms with Crippen molar-refractivity contribution in [3.8, 4) is 11.1 Å². The predicted octanol–water partition coefficient (Wildman–Crippen LogP) is 0.374. The van der Waals surface area contributed by atoms with Gasteiger partial charge >= 0.3 is 161 Å². The minimum Gasteiger partial charge on any atom is -1.00 e. The Bertz CT molecular complexity index is 855. The van der Waals surface area contributed by atoms with E-state index in [9.17, 15) is 0 Å². The molecule has 0 aromatic heterocycles. The summed E-state index contributed by atoms with van der Waals surface area (Å²) < 4.78 is 1.63. The van der Waals surface area contributed by atoms with Crippen molar-refractivity contribution in [3.63, 3.8) is 0 Å². The largest absolute Gasteiger partial charge is 1.00 e. The van der Waals surface area contributed by atoms with Gasteiger partial charge in [0.05, 0.1) is 0 Å². The molecule has 0 saturated heterocycles. The summed E-state index contributed by atoms with van der Waals surface area (Å²) in [5.41, 5.74) is 10.8. The zero-order chi connectivity index (χ0) is 17.1. The van der Waals surface area contributed by atoms with Crippen LogP contribution in [0.15, 0.2) is 68.5 Å². The monoisotopic (exact) mass is 459 g/mol. The fourth-order valence-corrected chi connectivity index (χ4v) is 5.09. The maximum absolute atomic E-state index is 2.37. The van der Waals surface area contributed by atoms with E-state index in [0.717, 1.165) is 0 Å². The molecule has 0 saturated carbocycles. The van der Waals surface area contributed by atoms with Gasteiger partial charge in [0, 0.05) is 0 Å². The van der Waals surface area contributed by atoms with Crippen LogP contribution in [0.25, 0.3) is 11.1 Å². The maximum atomic E-state index is 2.37. The first-order chi connectivity index (χ1) is 11.4. The first-order valence-electron chi connectivity index (χ1n) is 8.73. The number of benzene rings is 2. The van der Waals surface area contributed by atoms with E-state index in [0.29, 0.717) is 5.92 Å². The molecule has 26 heavy (non-hydrogen) atoms. The van der Waals surface area contributed by atoms with Crippen LogP contribution in [-0.4, -0.2) is 0 Å². The Morgan fingerprint density at radius 2 is 1.31 bits per heavy atom. The molecule has 2 aliphatic rings. The van der Waals surface area contributed by atoms with Crippen molar-refractivity contribution >= 4 is 0 Å². The molecule has 2 aliphatic carbocycles. The number of hydrogen-bond donors (Lipinski definition) is 0. The Balaban J connectivity index is 0.00000121. The number of halogens is 2. The van der Waals surface area contributed by atoms with E-state index in [-0.39, 0.29) is 30.2 Å². The molecule has 2 aromatic carbocycles. The molecule has 0 nitrogen and oxygen atoms in total. The van der Waals surface area contributed by atoms with Crippen LogP contribution >= 0.6 is 0 Å². The third kappa shape index (κ3) is 3.32. The minimum atomic E-state index is 0. The van der Waals surface area contributed by atoms with Crippen LogP contribution in [-0.2, 0) is 24.7 Å². The van der Waals surface area contributed by atoms with Crippen LogP contribution in [0, 0.1) is 5.41 Å². The number of fused-ring (bicyclic) bond motifs is 3. The standard InChI is InChI=1S/C23H23.2ClH.Zr/c1-15-13-14-20(23(2,3)4)21(15)22-18-11-7-5-9-16(18)17-10-6-8-12-19(17)22;;;/h5-12,22H,14H2,1-4H3;2*1H;/q;;;+2/p-2. The average Bonchev–Trinajstić information content (AvgIpc) is 3.03. The molecule has 3 heteroatoms. The molecule has 0 atom stereocenters. The summed E-state index contributed by atoms with van der Waals surface area (Å²) in [7, 11) is 0. The molecule has 133 valence electrons. The van der Waals surface area contributed by atoms with E-state index in [1.807, 2.05) is 0 Å². The molecule has 0 bridgehead atoms. The van der Waals surface area contributed by atoms with Gasteiger partial charge in [-0.1, -0.05) is 0 Å². The van der Waals surface area contributed by atoms with Crippen LogP contribution in [0.2, 0.25) is 0 Å². The summed E-state index contributed by atoms with van der Waals surface area (Å²) >= 11 is 1.57. The van der Waals surface area contributed by atoms with Crippen LogP contribution in [0.4, 0.5) is 0 Å². The zero-order valence-corrected chi connectivity index (χ0v) is 19.6. The van der Waals surface area contributed by atoms with E-state index < -0.39 is 0 Å². The Labute approximate surface area is 184 Å². The Morgan fingerprint density at radius 1 is 0.846 bits per heavy atom. The topological polar surface area (TPSA) is 0 Å². The summed E-state index contributed by atoms with van der Waals surface area (Å²) in [4.78, 5) is 0. The smallest absolute Gasteiger partial charge is 1.00 e. The summed E-state index contributed by atoms with van der Waals surface area (Å²) in [5, 5.41) is 0. The molecule has 0 aliphatic heterocycles. The maximum Gasteiger partial charge on any atom is -1.00 e. The van der Waals surface area contributed by atoms with Crippen LogP contribution in [0.1, 0.15) is 51.2 Å². The van der Waals surface area contributed by atoms with Crippen molar-refractivity contribution < 1.29 is 49.5 Å². The van der Waals surface area contributed by atoms with Gasteiger partial charge in [-0.3, -0.25) is 0 Å². The molecule has 4 rings (SSSR count). The Hall–Kier alpha value is -0.617. The van der Waals surface area contributed by atoms with Gasteiger partial charge in [-0.25, -0.2) is 0 Å². The SMILES string of the molecule is CC1=[C]([Zr+2])CC(C(C)(C)C)=C1C1c2ccccc2-c2ccccc21.[Cl-].[Cl-]. The van der Waals surface area contributed by atoms with E-state index in [4.69, 9.17) is 0 Å². The predicted molar refractivity (Wildman–Crippen MR) is 97.5 cm³/mol. The quantitative estimate of drug-likeness (QED) is 0.576. The van der Waals surface area contributed by atoms with Gasteiger partial charge in [0.2, 0.25) is 0 Å². The van der Waals surface area contributed by atoms with Crippen molar-refractivity contribution in [3.05, 3.63) is 79.7 Å². The molecule has 0 fully saturated rings. The molecule has 0 radical (unpaired) electrons. The molecule has 2 aromatic rings. The first kappa shape index (κ1) is 21.7. The van der Waals surface area contributed by atoms with Crippen molar-refractivity contribution in [2.45, 2.75) is 40.0 Å². The van der Waals surface area contributed by atoms with E-state index >= 15 is 0 Å². The van der Waals surface area contributed by atoms with Crippen molar-refractivity contribution in [1.82, 2.24) is 0 Å². The first-order valence-corrected chi connectivity index (χ1v) is 9.96. The second kappa shape index (κ2) is 7.78. The fourth-order valence-electron chi connectivity index (χ4n) is 4.32. The van der Waals surface area contributed by atoms with Gasteiger partial charge in [-0.15, -0.1) is 0 Å². The van der Waals surface area contributed by atoms with Gasteiger partial charge in [0.15, 0.2) is 0 Å². The van der Waals surface area contributed by atoms with Crippen LogP contribution in [0.3, 0.4) is 0 Å². The molecule has 0 amide bonds. The molecule has 0 spiro atoms.